The molecule has 0 aromatic heterocycles. The zero-order valence-electron chi connectivity index (χ0n) is 13.0. The van der Waals surface area contributed by atoms with Crippen molar-refractivity contribution in [2.45, 2.75) is 52.9 Å². The lowest BCUT2D eigenvalue weighted by atomic mass is 10.0. The molecule has 0 aliphatic carbocycles. The summed E-state index contributed by atoms with van der Waals surface area (Å²) in [5.74, 6) is 1.57. The molecule has 0 aliphatic heterocycles. The Hall–Kier alpha value is -1.02. The SMILES string of the molecule is CCCNCCCCOc1cc(C)cc(C(C)C)c1. The average molecular weight is 263 g/mol. The Labute approximate surface area is 118 Å². The summed E-state index contributed by atoms with van der Waals surface area (Å²) in [6, 6.07) is 6.54. The minimum Gasteiger partial charge on any atom is -0.494 e. The van der Waals surface area contributed by atoms with Crippen molar-refractivity contribution in [3.8, 4) is 5.75 Å². The number of hydrogen-bond acceptors (Lipinski definition) is 2. The summed E-state index contributed by atoms with van der Waals surface area (Å²) < 4.78 is 5.86. The third-order valence-corrected chi connectivity index (χ3v) is 3.18. The summed E-state index contributed by atoms with van der Waals surface area (Å²) in [5, 5.41) is 3.41. The first kappa shape index (κ1) is 16.0. The van der Waals surface area contributed by atoms with Crippen LogP contribution in [0.2, 0.25) is 0 Å². The molecule has 19 heavy (non-hydrogen) atoms. The molecule has 2 heteroatoms. The normalized spacial score (nSPS) is 11.0. The topological polar surface area (TPSA) is 21.3 Å². The molecular weight excluding hydrogens is 234 g/mol. The van der Waals surface area contributed by atoms with Gasteiger partial charge >= 0.3 is 0 Å². The standard InChI is InChI=1S/C17H29NO/c1-5-8-18-9-6-7-10-19-17-12-15(4)11-16(13-17)14(2)3/h11-14,18H,5-10H2,1-4H3. The van der Waals surface area contributed by atoms with Crippen molar-refractivity contribution < 1.29 is 4.74 Å². The van der Waals surface area contributed by atoms with Crippen molar-refractivity contribution in [2.24, 2.45) is 0 Å². The molecule has 0 saturated heterocycles. The van der Waals surface area contributed by atoms with Crippen molar-refractivity contribution in [3.05, 3.63) is 29.3 Å². The minimum absolute atomic E-state index is 0.556. The number of ether oxygens (including phenoxy) is 1. The highest BCUT2D eigenvalue weighted by Crippen LogP contribution is 2.22. The lowest BCUT2D eigenvalue weighted by Gasteiger charge is -2.12. The summed E-state index contributed by atoms with van der Waals surface area (Å²) in [4.78, 5) is 0. The number of rotatable bonds is 9. The third-order valence-electron chi connectivity index (χ3n) is 3.18. The van der Waals surface area contributed by atoms with E-state index in [9.17, 15) is 0 Å². The Morgan fingerprint density at radius 2 is 1.89 bits per heavy atom. The molecule has 0 saturated carbocycles. The lowest BCUT2D eigenvalue weighted by molar-refractivity contribution is 0.305. The molecule has 2 nitrogen and oxygen atoms in total. The van der Waals surface area contributed by atoms with Gasteiger partial charge in [0.05, 0.1) is 6.61 Å². The second-order valence-corrected chi connectivity index (χ2v) is 5.54. The molecule has 0 aliphatic rings. The predicted octanol–water partition coefficient (Wildman–Crippen LogP) is 4.28. The van der Waals surface area contributed by atoms with Crippen LogP contribution in [-0.2, 0) is 0 Å². The van der Waals surface area contributed by atoms with E-state index >= 15 is 0 Å². The van der Waals surface area contributed by atoms with Crippen LogP contribution in [0.4, 0.5) is 0 Å². The molecule has 0 fully saturated rings. The molecule has 0 spiro atoms. The van der Waals surface area contributed by atoms with E-state index in [1.54, 1.807) is 0 Å². The first-order chi connectivity index (χ1) is 9.13. The molecule has 0 radical (unpaired) electrons. The Morgan fingerprint density at radius 3 is 2.58 bits per heavy atom. The maximum Gasteiger partial charge on any atom is 0.119 e. The van der Waals surface area contributed by atoms with Crippen LogP contribution in [0.25, 0.3) is 0 Å². The van der Waals surface area contributed by atoms with Crippen molar-refractivity contribution >= 4 is 0 Å². The van der Waals surface area contributed by atoms with E-state index in [0.29, 0.717) is 5.92 Å². The van der Waals surface area contributed by atoms with Crippen LogP contribution in [0.1, 0.15) is 57.1 Å². The zero-order chi connectivity index (χ0) is 14.1. The largest absolute Gasteiger partial charge is 0.494 e. The highest BCUT2D eigenvalue weighted by molar-refractivity contribution is 5.35. The van der Waals surface area contributed by atoms with Crippen molar-refractivity contribution in [1.29, 1.82) is 0 Å². The molecule has 1 N–H and O–H groups in total. The second kappa shape index (κ2) is 8.98. The van der Waals surface area contributed by atoms with Gasteiger partial charge in [0.15, 0.2) is 0 Å². The molecule has 0 amide bonds. The highest BCUT2D eigenvalue weighted by atomic mass is 16.5. The number of hydrogen-bond donors (Lipinski definition) is 1. The quantitative estimate of drug-likeness (QED) is 0.672. The van der Waals surface area contributed by atoms with Gasteiger partial charge in [-0.15, -0.1) is 0 Å². The lowest BCUT2D eigenvalue weighted by Crippen LogP contribution is -2.16. The van der Waals surface area contributed by atoms with E-state index in [-0.39, 0.29) is 0 Å². The maximum atomic E-state index is 5.86. The van der Waals surface area contributed by atoms with Crippen molar-refractivity contribution in [2.75, 3.05) is 19.7 Å². The Morgan fingerprint density at radius 1 is 1.11 bits per heavy atom. The molecule has 0 unspecified atom stereocenters. The number of benzene rings is 1. The van der Waals surface area contributed by atoms with Gasteiger partial charge in [-0.05, 0) is 68.5 Å². The van der Waals surface area contributed by atoms with Crippen LogP contribution in [0.3, 0.4) is 0 Å². The monoisotopic (exact) mass is 263 g/mol. The first-order valence-corrected chi connectivity index (χ1v) is 7.58. The van der Waals surface area contributed by atoms with Crippen molar-refractivity contribution in [3.63, 3.8) is 0 Å². The van der Waals surface area contributed by atoms with E-state index in [4.69, 9.17) is 4.74 Å². The van der Waals surface area contributed by atoms with Gasteiger partial charge < -0.3 is 10.1 Å². The molecule has 1 aromatic rings. The average Bonchev–Trinajstić information content (AvgIpc) is 2.37. The Bertz CT molecular complexity index is 360. The molecule has 0 heterocycles. The van der Waals surface area contributed by atoms with E-state index in [2.05, 4.69) is 51.2 Å². The smallest absolute Gasteiger partial charge is 0.119 e. The van der Waals surface area contributed by atoms with E-state index in [1.807, 2.05) is 0 Å². The fourth-order valence-electron chi connectivity index (χ4n) is 2.04. The van der Waals surface area contributed by atoms with Crippen molar-refractivity contribution in [1.82, 2.24) is 5.32 Å². The van der Waals surface area contributed by atoms with Gasteiger partial charge in [-0.3, -0.25) is 0 Å². The summed E-state index contributed by atoms with van der Waals surface area (Å²) >= 11 is 0. The molecule has 0 bridgehead atoms. The summed E-state index contributed by atoms with van der Waals surface area (Å²) in [6.45, 7) is 11.8. The van der Waals surface area contributed by atoms with Crippen LogP contribution >= 0.6 is 0 Å². The predicted molar refractivity (Wildman–Crippen MR) is 83.2 cm³/mol. The zero-order valence-corrected chi connectivity index (χ0v) is 13.0. The number of aryl methyl sites for hydroxylation is 1. The fourth-order valence-corrected chi connectivity index (χ4v) is 2.04. The van der Waals surface area contributed by atoms with Crippen LogP contribution in [0, 0.1) is 6.92 Å². The minimum atomic E-state index is 0.556. The summed E-state index contributed by atoms with van der Waals surface area (Å²) in [7, 11) is 0. The van der Waals surface area contributed by atoms with Crippen LogP contribution < -0.4 is 10.1 Å². The van der Waals surface area contributed by atoms with E-state index in [0.717, 1.165) is 31.9 Å². The molecule has 1 aromatic carbocycles. The van der Waals surface area contributed by atoms with E-state index < -0.39 is 0 Å². The van der Waals surface area contributed by atoms with Gasteiger partial charge in [-0.25, -0.2) is 0 Å². The third kappa shape index (κ3) is 6.63. The first-order valence-electron chi connectivity index (χ1n) is 7.58. The van der Waals surface area contributed by atoms with Gasteiger partial charge in [-0.2, -0.15) is 0 Å². The highest BCUT2D eigenvalue weighted by Gasteiger charge is 2.03. The fraction of sp³-hybridized carbons (Fsp3) is 0.647. The van der Waals surface area contributed by atoms with Gasteiger partial charge in [0, 0.05) is 0 Å². The maximum absolute atomic E-state index is 5.86. The number of unbranched alkanes of at least 4 members (excludes halogenated alkanes) is 1. The van der Waals surface area contributed by atoms with Gasteiger partial charge in [-0.1, -0.05) is 26.8 Å². The molecular formula is C17H29NO. The summed E-state index contributed by atoms with van der Waals surface area (Å²) in [6.07, 6.45) is 3.50. The molecule has 108 valence electrons. The van der Waals surface area contributed by atoms with E-state index in [1.165, 1.54) is 24.0 Å². The van der Waals surface area contributed by atoms with Gasteiger partial charge in [0.25, 0.3) is 0 Å². The van der Waals surface area contributed by atoms with Crippen LogP contribution in [-0.4, -0.2) is 19.7 Å². The van der Waals surface area contributed by atoms with Gasteiger partial charge in [0.2, 0.25) is 0 Å². The van der Waals surface area contributed by atoms with Gasteiger partial charge in [0.1, 0.15) is 5.75 Å². The Balaban J connectivity index is 2.29. The molecule has 1 rings (SSSR count). The van der Waals surface area contributed by atoms with Crippen LogP contribution in [0.15, 0.2) is 18.2 Å². The molecule has 0 atom stereocenters. The number of nitrogens with one attached hydrogen (secondary N) is 1. The second-order valence-electron chi connectivity index (χ2n) is 5.54. The van der Waals surface area contributed by atoms with Crippen LogP contribution in [0.5, 0.6) is 5.75 Å². The summed E-state index contributed by atoms with van der Waals surface area (Å²) in [5.41, 5.74) is 2.64. The Kier molecular flexibility index (Phi) is 7.57.